The second-order valence-corrected chi connectivity index (χ2v) is 7.39. The lowest BCUT2D eigenvalue weighted by Crippen LogP contribution is -2.35. The molecule has 0 radical (unpaired) electrons. The van der Waals surface area contributed by atoms with E-state index in [0.717, 1.165) is 43.3 Å². The number of nitrogens with one attached hydrogen (secondary N) is 1. The fourth-order valence-electron chi connectivity index (χ4n) is 3.55. The SMILES string of the molecule is Cc1nc([C@@H]2CCCN(Cc3cccn3-c3nccs3)C2)cc(=O)[nH]1. The molecule has 7 heteroatoms. The summed E-state index contributed by atoms with van der Waals surface area (Å²) in [5, 5.41) is 3.00. The highest BCUT2D eigenvalue weighted by Crippen LogP contribution is 2.26. The number of aromatic nitrogens is 4. The molecule has 1 N–H and O–H groups in total. The van der Waals surface area contributed by atoms with Crippen molar-refractivity contribution in [1.29, 1.82) is 0 Å². The van der Waals surface area contributed by atoms with Crippen LogP contribution in [-0.4, -0.2) is 37.5 Å². The zero-order chi connectivity index (χ0) is 17.2. The summed E-state index contributed by atoms with van der Waals surface area (Å²) in [4.78, 5) is 25.9. The highest BCUT2D eigenvalue weighted by Gasteiger charge is 2.23. The molecular formula is C18H21N5OS. The van der Waals surface area contributed by atoms with Crippen molar-refractivity contribution in [1.82, 2.24) is 24.4 Å². The molecule has 1 aliphatic rings. The number of aryl methyl sites for hydroxylation is 1. The molecule has 6 nitrogen and oxygen atoms in total. The number of hydrogen-bond acceptors (Lipinski definition) is 5. The molecular weight excluding hydrogens is 334 g/mol. The molecule has 0 saturated carbocycles. The van der Waals surface area contributed by atoms with Crippen LogP contribution in [-0.2, 0) is 6.54 Å². The van der Waals surface area contributed by atoms with E-state index in [4.69, 9.17) is 0 Å². The Morgan fingerprint density at radius 1 is 1.44 bits per heavy atom. The van der Waals surface area contributed by atoms with E-state index < -0.39 is 0 Å². The molecule has 0 unspecified atom stereocenters. The molecule has 0 amide bonds. The monoisotopic (exact) mass is 355 g/mol. The Kier molecular flexibility index (Phi) is 4.50. The summed E-state index contributed by atoms with van der Waals surface area (Å²) in [6.07, 6.45) is 6.11. The summed E-state index contributed by atoms with van der Waals surface area (Å²) in [7, 11) is 0. The van der Waals surface area contributed by atoms with Gasteiger partial charge in [0.05, 0.1) is 5.69 Å². The van der Waals surface area contributed by atoms with Crippen LogP contribution < -0.4 is 5.56 Å². The number of aromatic amines is 1. The number of thiazole rings is 1. The number of nitrogens with zero attached hydrogens (tertiary/aromatic N) is 4. The van der Waals surface area contributed by atoms with Gasteiger partial charge in [-0.1, -0.05) is 0 Å². The maximum Gasteiger partial charge on any atom is 0.251 e. The van der Waals surface area contributed by atoms with Crippen molar-refractivity contribution in [3.05, 3.63) is 63.5 Å². The van der Waals surface area contributed by atoms with Crippen LogP contribution in [0.3, 0.4) is 0 Å². The molecule has 130 valence electrons. The Balaban J connectivity index is 1.51. The van der Waals surface area contributed by atoms with Crippen LogP contribution in [0, 0.1) is 6.92 Å². The lowest BCUT2D eigenvalue weighted by Gasteiger charge is -2.32. The Bertz CT molecular complexity index is 898. The van der Waals surface area contributed by atoms with Gasteiger partial charge in [-0.25, -0.2) is 9.97 Å². The van der Waals surface area contributed by atoms with Gasteiger partial charge in [0.2, 0.25) is 0 Å². The maximum absolute atomic E-state index is 11.7. The van der Waals surface area contributed by atoms with E-state index in [2.05, 4.69) is 42.7 Å². The average molecular weight is 355 g/mol. The van der Waals surface area contributed by atoms with E-state index in [9.17, 15) is 4.79 Å². The van der Waals surface area contributed by atoms with Gasteiger partial charge >= 0.3 is 0 Å². The van der Waals surface area contributed by atoms with Crippen molar-refractivity contribution in [2.45, 2.75) is 32.2 Å². The van der Waals surface area contributed by atoms with Gasteiger partial charge < -0.3 is 4.98 Å². The van der Waals surface area contributed by atoms with Crippen LogP contribution >= 0.6 is 11.3 Å². The summed E-state index contributed by atoms with van der Waals surface area (Å²) in [5.74, 6) is 1.01. The van der Waals surface area contributed by atoms with Crippen LogP contribution in [0.25, 0.3) is 5.13 Å². The molecule has 0 aromatic carbocycles. The number of H-pyrrole nitrogens is 1. The highest BCUT2D eigenvalue weighted by atomic mass is 32.1. The lowest BCUT2D eigenvalue weighted by atomic mass is 9.94. The first-order chi connectivity index (χ1) is 12.2. The molecule has 0 spiro atoms. The quantitative estimate of drug-likeness (QED) is 0.781. The van der Waals surface area contributed by atoms with Gasteiger partial charge in [-0.15, -0.1) is 11.3 Å². The number of hydrogen-bond donors (Lipinski definition) is 1. The fourth-order valence-corrected chi connectivity index (χ4v) is 4.20. The first kappa shape index (κ1) is 16.2. The second kappa shape index (κ2) is 6.93. The van der Waals surface area contributed by atoms with E-state index in [1.807, 2.05) is 18.5 Å². The molecule has 25 heavy (non-hydrogen) atoms. The summed E-state index contributed by atoms with van der Waals surface area (Å²) in [6, 6.07) is 5.87. The smallest absolute Gasteiger partial charge is 0.251 e. The van der Waals surface area contributed by atoms with Crippen molar-refractivity contribution in [3.8, 4) is 5.13 Å². The van der Waals surface area contributed by atoms with Crippen LogP contribution in [0.5, 0.6) is 0 Å². The third-order valence-corrected chi connectivity index (χ3v) is 5.42. The topological polar surface area (TPSA) is 66.8 Å². The minimum atomic E-state index is -0.0581. The molecule has 1 atom stereocenters. The van der Waals surface area contributed by atoms with Gasteiger partial charge in [0.15, 0.2) is 5.13 Å². The van der Waals surface area contributed by atoms with Crippen LogP contribution in [0.4, 0.5) is 0 Å². The van der Waals surface area contributed by atoms with Crippen LogP contribution in [0.2, 0.25) is 0 Å². The summed E-state index contributed by atoms with van der Waals surface area (Å²) in [5.41, 5.74) is 2.10. The van der Waals surface area contributed by atoms with Gasteiger partial charge in [0.1, 0.15) is 5.82 Å². The third kappa shape index (κ3) is 3.57. The van der Waals surface area contributed by atoms with Gasteiger partial charge in [0.25, 0.3) is 5.56 Å². The predicted molar refractivity (Wildman–Crippen MR) is 98.3 cm³/mol. The summed E-state index contributed by atoms with van der Waals surface area (Å²) < 4.78 is 2.16. The van der Waals surface area contributed by atoms with Gasteiger partial charge in [-0.05, 0) is 38.4 Å². The zero-order valence-electron chi connectivity index (χ0n) is 14.2. The van der Waals surface area contributed by atoms with E-state index in [1.165, 1.54) is 5.69 Å². The van der Waals surface area contributed by atoms with Gasteiger partial charge in [-0.2, -0.15) is 0 Å². The van der Waals surface area contributed by atoms with Crippen molar-refractivity contribution < 1.29 is 0 Å². The molecule has 0 bridgehead atoms. The van der Waals surface area contributed by atoms with E-state index in [0.29, 0.717) is 11.7 Å². The Morgan fingerprint density at radius 3 is 3.16 bits per heavy atom. The maximum atomic E-state index is 11.7. The van der Waals surface area contributed by atoms with Crippen molar-refractivity contribution >= 4 is 11.3 Å². The molecule has 4 heterocycles. The Morgan fingerprint density at radius 2 is 2.36 bits per heavy atom. The average Bonchev–Trinajstić information content (AvgIpc) is 3.25. The Hall–Kier alpha value is -2.25. The molecule has 1 aliphatic heterocycles. The van der Waals surface area contributed by atoms with Gasteiger partial charge in [0, 0.05) is 48.5 Å². The van der Waals surface area contributed by atoms with Gasteiger partial charge in [-0.3, -0.25) is 14.3 Å². The van der Waals surface area contributed by atoms with Crippen molar-refractivity contribution in [2.75, 3.05) is 13.1 Å². The minimum Gasteiger partial charge on any atom is -0.311 e. The fraction of sp³-hybridized carbons (Fsp3) is 0.389. The number of piperidine rings is 1. The second-order valence-electron chi connectivity index (χ2n) is 6.51. The van der Waals surface area contributed by atoms with E-state index >= 15 is 0 Å². The molecule has 1 fully saturated rings. The molecule has 1 saturated heterocycles. The third-order valence-electron chi connectivity index (χ3n) is 4.65. The molecule has 3 aromatic heterocycles. The standard InChI is InChI=1S/C18H21N5OS/c1-13-20-16(10-17(24)21-13)14-4-2-7-22(11-14)12-15-5-3-8-23(15)18-19-6-9-25-18/h3,5-6,8-10,14H,2,4,7,11-12H2,1H3,(H,20,21,24)/t14-/m1/s1. The van der Waals surface area contributed by atoms with E-state index in [-0.39, 0.29) is 5.56 Å². The number of likely N-dealkylation sites (tertiary alicyclic amines) is 1. The number of rotatable bonds is 4. The summed E-state index contributed by atoms with van der Waals surface area (Å²) >= 11 is 1.64. The minimum absolute atomic E-state index is 0.0581. The summed E-state index contributed by atoms with van der Waals surface area (Å²) in [6.45, 7) is 4.72. The first-order valence-corrected chi connectivity index (χ1v) is 9.43. The first-order valence-electron chi connectivity index (χ1n) is 8.55. The zero-order valence-corrected chi connectivity index (χ0v) is 15.0. The molecule has 0 aliphatic carbocycles. The predicted octanol–water partition coefficient (Wildman–Crippen LogP) is 2.71. The normalized spacial score (nSPS) is 18.5. The van der Waals surface area contributed by atoms with Crippen LogP contribution in [0.15, 0.2) is 40.8 Å². The highest BCUT2D eigenvalue weighted by molar-refractivity contribution is 7.12. The van der Waals surface area contributed by atoms with E-state index in [1.54, 1.807) is 17.4 Å². The van der Waals surface area contributed by atoms with Crippen LogP contribution in [0.1, 0.15) is 36.0 Å². The lowest BCUT2D eigenvalue weighted by molar-refractivity contribution is 0.195. The van der Waals surface area contributed by atoms with Crippen molar-refractivity contribution in [2.24, 2.45) is 0 Å². The Labute approximate surface area is 150 Å². The van der Waals surface area contributed by atoms with Crippen molar-refractivity contribution in [3.63, 3.8) is 0 Å². The largest absolute Gasteiger partial charge is 0.311 e. The molecule has 3 aromatic rings. The molecule has 4 rings (SSSR count).